The van der Waals surface area contributed by atoms with Crippen LogP contribution in [0.1, 0.15) is 127 Å². The van der Waals surface area contributed by atoms with Crippen LogP contribution < -0.4 is 5.48 Å². The van der Waals surface area contributed by atoms with Gasteiger partial charge < -0.3 is 23.6 Å². The first kappa shape index (κ1) is 43.8. The summed E-state index contributed by atoms with van der Waals surface area (Å²) < 4.78 is 43.4. The normalized spacial score (nSPS) is 18.1. The molecule has 2 aliphatic heterocycles. The molecule has 0 unspecified atom stereocenters. The van der Waals surface area contributed by atoms with Crippen molar-refractivity contribution >= 4 is 28.4 Å². The summed E-state index contributed by atoms with van der Waals surface area (Å²) in [4.78, 5) is 44.8. The highest BCUT2D eigenvalue weighted by atomic mass is 32.3. The third kappa shape index (κ3) is 15.6. The number of ether oxygens (including phenoxy) is 1. The predicted molar refractivity (Wildman–Crippen MR) is 183 cm³/mol. The summed E-state index contributed by atoms with van der Waals surface area (Å²) in [6.07, 6.45) is 11.1. The number of carbonyl (C=O) groups is 3. The van der Waals surface area contributed by atoms with E-state index in [1.165, 1.54) is 86.9 Å². The Labute approximate surface area is 290 Å². The standard InChI is InChI=1S/C17H30N4O9S.C16H36N/c1-11(2)19(16(24)29-17(3,4)5)8-9-28-18-14(22)13-7-6-12-10-20(13)15(23)21(12)30-31(25,26)27;1-5-9-13-17(14-10-6-2,15-11-7-3)16-12-8-4/h11-13H,6-10H2,1-5H3,(H,18,22)(H,25,26,27);5-16H2,1-4H3/q;+1/p-1/t12-,13+;/m1./s1. The van der Waals surface area contributed by atoms with Crippen LogP contribution in [0.4, 0.5) is 9.59 Å². The van der Waals surface area contributed by atoms with Gasteiger partial charge in [0.15, 0.2) is 0 Å². The van der Waals surface area contributed by atoms with Crippen LogP contribution in [0, 0.1) is 0 Å². The van der Waals surface area contributed by atoms with E-state index in [1.54, 1.807) is 20.8 Å². The van der Waals surface area contributed by atoms with Gasteiger partial charge >= 0.3 is 12.1 Å². The maximum absolute atomic E-state index is 12.4. The minimum atomic E-state index is -5.11. The van der Waals surface area contributed by atoms with E-state index in [0.717, 1.165) is 4.90 Å². The lowest BCUT2D eigenvalue weighted by molar-refractivity contribution is -0.929. The zero-order chi connectivity index (χ0) is 36.5. The molecule has 0 radical (unpaired) electrons. The highest BCUT2D eigenvalue weighted by Gasteiger charge is 2.48. The Balaban J connectivity index is 0.000000576. The van der Waals surface area contributed by atoms with Crippen molar-refractivity contribution < 1.29 is 45.7 Å². The average Bonchev–Trinajstić information content (AvgIpc) is 3.22. The van der Waals surface area contributed by atoms with Crippen molar-refractivity contribution in [1.82, 2.24) is 20.3 Å². The third-order valence-corrected chi connectivity index (χ3v) is 8.94. The summed E-state index contributed by atoms with van der Waals surface area (Å²) in [6, 6.07) is -2.57. The zero-order valence-electron chi connectivity index (χ0n) is 31.1. The molecular formula is C33H65N5O9S. The molecule has 282 valence electrons. The molecule has 0 aromatic carbocycles. The smallest absolute Gasteiger partial charge is 0.410 e. The van der Waals surface area contributed by atoms with Crippen LogP contribution in [-0.2, 0) is 29.1 Å². The molecule has 2 bridgehead atoms. The Morgan fingerprint density at radius 3 is 1.88 bits per heavy atom. The van der Waals surface area contributed by atoms with E-state index in [1.807, 2.05) is 13.8 Å². The number of hydroxylamine groups is 3. The van der Waals surface area contributed by atoms with E-state index in [-0.39, 0.29) is 38.6 Å². The topological polar surface area (TPSA) is 158 Å². The van der Waals surface area contributed by atoms with Crippen molar-refractivity contribution in [3.63, 3.8) is 0 Å². The summed E-state index contributed by atoms with van der Waals surface area (Å²) in [5.41, 5.74) is 1.60. The maximum Gasteiger partial charge on any atom is 0.410 e. The quantitative estimate of drug-likeness (QED) is 0.0580. The molecule has 2 fully saturated rings. The highest BCUT2D eigenvalue weighted by molar-refractivity contribution is 7.80. The molecule has 2 atom stereocenters. The van der Waals surface area contributed by atoms with E-state index in [0.29, 0.717) is 5.06 Å². The van der Waals surface area contributed by atoms with Crippen LogP contribution in [0.5, 0.6) is 0 Å². The van der Waals surface area contributed by atoms with Gasteiger partial charge in [-0.1, -0.05) is 53.4 Å². The first-order valence-electron chi connectivity index (χ1n) is 18.0. The van der Waals surface area contributed by atoms with Gasteiger partial charge in [0.05, 0.1) is 45.4 Å². The molecule has 48 heavy (non-hydrogen) atoms. The van der Waals surface area contributed by atoms with Crippen LogP contribution in [0.3, 0.4) is 0 Å². The SMILES string of the molecule is CC(C)N(CCONC(=O)[C@@H]1CC[C@@H]2CN1C(=O)N2OS(=O)(=O)[O-])C(=O)OC(C)(C)C.CCCC[N+](CCCC)(CCCC)CCCC. The second kappa shape index (κ2) is 21.1. The summed E-state index contributed by atoms with van der Waals surface area (Å²) in [5.74, 6) is -0.605. The Morgan fingerprint density at radius 2 is 1.46 bits per heavy atom. The van der Waals surface area contributed by atoms with Gasteiger partial charge in [-0.25, -0.2) is 23.5 Å². The van der Waals surface area contributed by atoms with Gasteiger partial charge in [-0.3, -0.25) is 9.63 Å². The molecule has 0 aromatic rings. The van der Waals surface area contributed by atoms with Crippen molar-refractivity contribution in [2.24, 2.45) is 0 Å². The van der Waals surface area contributed by atoms with Crippen LogP contribution in [-0.4, -0.2) is 120 Å². The Bertz CT molecular complexity index is 1050. The number of rotatable bonds is 20. The molecule has 0 aromatic heterocycles. The van der Waals surface area contributed by atoms with Crippen molar-refractivity contribution in [2.75, 3.05) is 45.9 Å². The second-order valence-corrected chi connectivity index (χ2v) is 15.2. The van der Waals surface area contributed by atoms with Crippen molar-refractivity contribution in [1.29, 1.82) is 0 Å². The van der Waals surface area contributed by atoms with E-state index in [2.05, 4.69) is 37.5 Å². The molecule has 4 amide bonds. The fourth-order valence-electron chi connectivity index (χ4n) is 5.96. The average molecular weight is 708 g/mol. The number of carbonyl (C=O) groups excluding carboxylic acids is 3. The summed E-state index contributed by atoms with van der Waals surface area (Å²) in [6.45, 7) is 24.1. The number of nitrogens with zero attached hydrogens (tertiary/aromatic N) is 4. The molecule has 2 saturated heterocycles. The molecule has 0 saturated carbocycles. The maximum atomic E-state index is 12.4. The molecular weight excluding hydrogens is 642 g/mol. The van der Waals surface area contributed by atoms with E-state index < -0.39 is 46.1 Å². The van der Waals surface area contributed by atoms with Gasteiger partial charge in [-0.2, -0.15) is 9.35 Å². The van der Waals surface area contributed by atoms with Gasteiger partial charge in [-0.15, -0.1) is 0 Å². The predicted octanol–water partition coefficient (Wildman–Crippen LogP) is 5.34. The van der Waals surface area contributed by atoms with Crippen LogP contribution >= 0.6 is 0 Å². The van der Waals surface area contributed by atoms with E-state index in [9.17, 15) is 27.4 Å². The number of hydrogen-bond acceptors (Lipinski definition) is 9. The van der Waals surface area contributed by atoms with Crippen molar-refractivity contribution in [3.05, 3.63) is 0 Å². The number of amides is 4. The number of piperidine rings is 1. The number of unbranched alkanes of at least 4 members (excludes halogenated alkanes) is 4. The number of quaternary nitrogens is 1. The van der Waals surface area contributed by atoms with Crippen LogP contribution in [0.15, 0.2) is 0 Å². The van der Waals surface area contributed by atoms with Gasteiger partial charge in [0.25, 0.3) is 5.91 Å². The van der Waals surface area contributed by atoms with Crippen LogP contribution in [0.25, 0.3) is 0 Å². The Kier molecular flexibility index (Phi) is 19.3. The summed E-state index contributed by atoms with van der Waals surface area (Å²) in [7, 11) is -5.11. The summed E-state index contributed by atoms with van der Waals surface area (Å²) in [5, 5.41) is 0.498. The molecule has 2 aliphatic rings. The first-order chi connectivity index (χ1) is 22.4. The number of nitrogens with one attached hydrogen (secondary N) is 1. The monoisotopic (exact) mass is 707 g/mol. The second-order valence-electron chi connectivity index (χ2n) is 14.2. The zero-order valence-corrected chi connectivity index (χ0v) is 31.9. The molecule has 0 spiro atoms. The lowest BCUT2D eigenvalue weighted by atomic mass is 10.0. The molecule has 2 rings (SSSR count). The van der Waals surface area contributed by atoms with Gasteiger partial charge in [0, 0.05) is 12.6 Å². The minimum absolute atomic E-state index is 0.0177. The summed E-state index contributed by atoms with van der Waals surface area (Å²) >= 11 is 0. The molecule has 2 heterocycles. The van der Waals surface area contributed by atoms with Crippen molar-refractivity contribution in [3.8, 4) is 0 Å². The first-order valence-corrected chi connectivity index (χ1v) is 19.3. The Morgan fingerprint density at radius 1 is 0.958 bits per heavy atom. The van der Waals surface area contributed by atoms with E-state index in [4.69, 9.17) is 9.57 Å². The largest absolute Gasteiger partial charge is 0.724 e. The van der Waals surface area contributed by atoms with Crippen molar-refractivity contribution in [2.45, 2.75) is 150 Å². The lowest BCUT2D eigenvalue weighted by Crippen LogP contribution is -2.50. The fraction of sp³-hybridized carbons (Fsp3) is 0.909. The molecule has 0 aliphatic carbocycles. The minimum Gasteiger partial charge on any atom is -0.724 e. The highest BCUT2D eigenvalue weighted by Crippen LogP contribution is 2.30. The van der Waals surface area contributed by atoms with Crippen LogP contribution in [0.2, 0.25) is 0 Å². The number of hydrogen-bond donors (Lipinski definition) is 1. The number of fused-ring (bicyclic) bond motifs is 2. The van der Waals surface area contributed by atoms with Gasteiger partial charge in [0.1, 0.15) is 11.6 Å². The van der Waals surface area contributed by atoms with Gasteiger partial charge in [0.2, 0.25) is 10.4 Å². The number of urea groups is 1. The molecule has 1 N–H and O–H groups in total. The molecule has 14 nitrogen and oxygen atoms in total. The van der Waals surface area contributed by atoms with E-state index >= 15 is 0 Å². The fourth-order valence-corrected chi connectivity index (χ4v) is 6.34. The third-order valence-electron chi connectivity index (χ3n) is 8.60. The Hall–Kier alpha value is -2.20. The lowest BCUT2D eigenvalue weighted by Gasteiger charge is -2.39. The van der Waals surface area contributed by atoms with Gasteiger partial charge in [-0.05, 0) is 73.1 Å². The molecule has 15 heteroatoms.